The zero-order chi connectivity index (χ0) is 18.8. The summed E-state index contributed by atoms with van der Waals surface area (Å²) < 4.78 is 10.7. The number of hydrogen-bond donors (Lipinski definition) is 0. The predicted molar refractivity (Wildman–Crippen MR) is 97.9 cm³/mol. The third kappa shape index (κ3) is 4.84. The van der Waals surface area contributed by atoms with Crippen molar-refractivity contribution in [3.8, 4) is 0 Å². The molecule has 1 aromatic heterocycles. The van der Waals surface area contributed by atoms with Gasteiger partial charge in [-0.15, -0.1) is 0 Å². The number of ether oxygens (including phenoxy) is 2. The Balaban J connectivity index is 2.09. The van der Waals surface area contributed by atoms with Crippen LogP contribution in [0.5, 0.6) is 0 Å². The van der Waals surface area contributed by atoms with Gasteiger partial charge in [0, 0.05) is 25.7 Å². The van der Waals surface area contributed by atoms with Crippen LogP contribution >= 0.6 is 15.9 Å². The number of anilines is 1. The van der Waals surface area contributed by atoms with E-state index in [9.17, 15) is 9.59 Å². The number of halogens is 1. The molecule has 1 fully saturated rings. The fourth-order valence-electron chi connectivity index (χ4n) is 2.67. The van der Waals surface area contributed by atoms with Gasteiger partial charge in [-0.2, -0.15) is 0 Å². The Morgan fingerprint density at radius 3 is 2.48 bits per heavy atom. The molecule has 0 N–H and O–H groups in total. The van der Waals surface area contributed by atoms with Crippen LogP contribution in [0, 0.1) is 0 Å². The minimum Gasteiger partial charge on any atom is -0.464 e. The molecule has 8 heteroatoms. The molecule has 1 aromatic rings. The van der Waals surface area contributed by atoms with Crippen LogP contribution in [0.1, 0.15) is 38.2 Å². The van der Waals surface area contributed by atoms with Gasteiger partial charge >= 0.3 is 12.1 Å². The van der Waals surface area contributed by atoms with E-state index < -0.39 is 11.6 Å². The topological polar surface area (TPSA) is 72.0 Å². The molecule has 1 aliphatic rings. The van der Waals surface area contributed by atoms with Crippen molar-refractivity contribution in [3.05, 3.63) is 22.4 Å². The van der Waals surface area contributed by atoms with Gasteiger partial charge in [0.25, 0.3) is 0 Å². The van der Waals surface area contributed by atoms with Crippen LogP contribution < -0.4 is 4.90 Å². The second-order valence-electron chi connectivity index (χ2n) is 6.97. The zero-order valence-electron chi connectivity index (χ0n) is 15.2. The molecule has 1 saturated heterocycles. The molecule has 1 amide bonds. The van der Waals surface area contributed by atoms with Gasteiger partial charge in [0.15, 0.2) is 0 Å². The lowest BCUT2D eigenvalue weighted by Gasteiger charge is -2.41. The number of nitrogens with zero attached hydrogens (tertiary/aromatic N) is 3. The minimum atomic E-state index is -0.506. The molecule has 2 rings (SSSR count). The standard InChI is InChI=1S/C17H24BrN3O4/c1-11-10-20(16(23)25-17(2,3)4)8-9-21(11)13-7-6-12(15(22)24-5)19-14(13)18/h6-7,11H,8-10H2,1-5H3. The summed E-state index contributed by atoms with van der Waals surface area (Å²) in [5.41, 5.74) is 0.621. The minimum absolute atomic E-state index is 0.0864. The Bertz CT molecular complexity index is 660. The normalized spacial score (nSPS) is 18.1. The maximum atomic E-state index is 12.2. The molecular formula is C17H24BrN3O4. The van der Waals surface area contributed by atoms with E-state index in [-0.39, 0.29) is 17.8 Å². The fraction of sp³-hybridized carbons (Fsp3) is 0.588. The number of carbonyl (C=O) groups is 2. The number of piperazine rings is 1. The summed E-state index contributed by atoms with van der Waals surface area (Å²) in [7, 11) is 1.32. The summed E-state index contributed by atoms with van der Waals surface area (Å²) in [6.45, 7) is 9.38. The first-order valence-corrected chi connectivity index (χ1v) is 8.91. The van der Waals surface area contributed by atoms with Crippen LogP contribution in [-0.4, -0.2) is 60.3 Å². The molecule has 1 atom stereocenters. The number of rotatable bonds is 2. The first kappa shape index (κ1) is 19.5. The summed E-state index contributed by atoms with van der Waals surface area (Å²) >= 11 is 3.43. The lowest BCUT2D eigenvalue weighted by atomic mass is 10.1. The molecule has 2 heterocycles. The highest BCUT2D eigenvalue weighted by atomic mass is 79.9. The smallest absolute Gasteiger partial charge is 0.410 e. The fourth-order valence-corrected chi connectivity index (χ4v) is 3.22. The van der Waals surface area contributed by atoms with E-state index >= 15 is 0 Å². The molecule has 0 radical (unpaired) electrons. The lowest BCUT2D eigenvalue weighted by Crippen LogP contribution is -2.54. The molecule has 0 spiro atoms. The highest BCUT2D eigenvalue weighted by Gasteiger charge is 2.31. The van der Waals surface area contributed by atoms with Crippen LogP contribution in [0.25, 0.3) is 0 Å². The van der Waals surface area contributed by atoms with Gasteiger partial charge in [-0.3, -0.25) is 0 Å². The Labute approximate surface area is 156 Å². The molecule has 7 nitrogen and oxygen atoms in total. The maximum absolute atomic E-state index is 12.2. The van der Waals surface area contributed by atoms with E-state index in [0.717, 1.165) is 5.69 Å². The second kappa shape index (κ2) is 7.59. The van der Waals surface area contributed by atoms with Crippen molar-refractivity contribution >= 4 is 33.7 Å². The van der Waals surface area contributed by atoms with Gasteiger partial charge in [0.2, 0.25) is 0 Å². The zero-order valence-corrected chi connectivity index (χ0v) is 16.8. The van der Waals surface area contributed by atoms with Crippen LogP contribution in [-0.2, 0) is 9.47 Å². The van der Waals surface area contributed by atoms with Crippen molar-refractivity contribution in [1.82, 2.24) is 9.88 Å². The summed E-state index contributed by atoms with van der Waals surface area (Å²) in [6.07, 6.45) is -0.294. The van der Waals surface area contributed by atoms with E-state index in [1.807, 2.05) is 33.8 Å². The molecule has 0 saturated carbocycles. The molecule has 25 heavy (non-hydrogen) atoms. The highest BCUT2D eigenvalue weighted by Crippen LogP contribution is 2.28. The monoisotopic (exact) mass is 413 g/mol. The van der Waals surface area contributed by atoms with E-state index in [4.69, 9.17) is 4.74 Å². The molecule has 138 valence electrons. The van der Waals surface area contributed by atoms with Gasteiger partial charge in [-0.1, -0.05) is 0 Å². The van der Waals surface area contributed by atoms with E-state index in [0.29, 0.717) is 24.2 Å². The van der Waals surface area contributed by atoms with Gasteiger partial charge in [0.05, 0.1) is 12.8 Å². The quantitative estimate of drug-likeness (QED) is 0.547. The van der Waals surface area contributed by atoms with Crippen LogP contribution in [0.2, 0.25) is 0 Å². The van der Waals surface area contributed by atoms with Crippen LogP contribution in [0.15, 0.2) is 16.7 Å². The summed E-state index contributed by atoms with van der Waals surface area (Å²) in [5, 5.41) is 0. The van der Waals surface area contributed by atoms with Crippen molar-refractivity contribution in [2.45, 2.75) is 39.3 Å². The van der Waals surface area contributed by atoms with Gasteiger partial charge in [0.1, 0.15) is 15.9 Å². The van der Waals surface area contributed by atoms with Crippen LogP contribution in [0.3, 0.4) is 0 Å². The van der Waals surface area contributed by atoms with Crippen LogP contribution in [0.4, 0.5) is 10.5 Å². The van der Waals surface area contributed by atoms with Crippen molar-refractivity contribution in [2.24, 2.45) is 0 Å². The summed E-state index contributed by atoms with van der Waals surface area (Å²) in [5.74, 6) is -0.477. The number of aromatic nitrogens is 1. The Kier molecular flexibility index (Phi) is 5.92. The molecule has 0 aliphatic carbocycles. The molecular weight excluding hydrogens is 390 g/mol. The number of esters is 1. The van der Waals surface area contributed by atoms with Gasteiger partial charge in [-0.05, 0) is 55.8 Å². The second-order valence-corrected chi connectivity index (χ2v) is 7.72. The number of amides is 1. The van der Waals surface area contributed by atoms with E-state index in [1.165, 1.54) is 7.11 Å². The van der Waals surface area contributed by atoms with Crippen molar-refractivity contribution in [3.63, 3.8) is 0 Å². The first-order chi connectivity index (χ1) is 11.6. The average Bonchev–Trinajstić information content (AvgIpc) is 2.52. The van der Waals surface area contributed by atoms with Crippen molar-refractivity contribution < 1.29 is 19.1 Å². The van der Waals surface area contributed by atoms with Crippen molar-refractivity contribution in [1.29, 1.82) is 0 Å². The first-order valence-electron chi connectivity index (χ1n) is 8.12. The van der Waals surface area contributed by atoms with E-state index in [1.54, 1.807) is 11.0 Å². The lowest BCUT2D eigenvalue weighted by molar-refractivity contribution is 0.0218. The Morgan fingerprint density at radius 2 is 1.96 bits per heavy atom. The largest absolute Gasteiger partial charge is 0.464 e. The average molecular weight is 414 g/mol. The number of hydrogen-bond acceptors (Lipinski definition) is 6. The SMILES string of the molecule is COC(=O)c1ccc(N2CCN(C(=O)OC(C)(C)C)CC2C)c(Br)n1. The highest BCUT2D eigenvalue weighted by molar-refractivity contribution is 9.10. The number of pyridine rings is 1. The summed E-state index contributed by atoms with van der Waals surface area (Å²) in [4.78, 5) is 31.9. The third-order valence-corrected chi connectivity index (χ3v) is 4.40. The predicted octanol–water partition coefficient (Wildman–Crippen LogP) is 3.08. The van der Waals surface area contributed by atoms with Gasteiger partial charge < -0.3 is 19.3 Å². The third-order valence-electron chi connectivity index (χ3n) is 3.81. The molecule has 1 unspecified atom stereocenters. The molecule has 0 bridgehead atoms. The Hall–Kier alpha value is -1.83. The summed E-state index contributed by atoms with van der Waals surface area (Å²) in [6, 6.07) is 3.56. The maximum Gasteiger partial charge on any atom is 0.410 e. The molecule has 0 aromatic carbocycles. The van der Waals surface area contributed by atoms with E-state index in [2.05, 4.69) is 30.6 Å². The van der Waals surface area contributed by atoms with Gasteiger partial charge in [-0.25, -0.2) is 14.6 Å². The van der Waals surface area contributed by atoms with Crippen molar-refractivity contribution in [2.75, 3.05) is 31.6 Å². The molecule has 1 aliphatic heterocycles. The number of methoxy groups -OCH3 is 1. The Morgan fingerprint density at radius 1 is 1.28 bits per heavy atom. The number of carbonyl (C=O) groups excluding carboxylic acids is 2.